The molecule has 0 fully saturated rings. The highest BCUT2D eigenvalue weighted by Crippen LogP contribution is 2.15. The molecule has 1 aromatic carbocycles. The summed E-state index contributed by atoms with van der Waals surface area (Å²) in [6, 6.07) is 5.73. The molecule has 0 aromatic heterocycles. The zero-order chi connectivity index (χ0) is 30.9. The Balaban J connectivity index is 2.13. The highest BCUT2D eigenvalue weighted by atomic mass is 32.2. The fourth-order valence-corrected chi connectivity index (χ4v) is 5.02. The number of carbonyl (C=O) groups excluding carboxylic acids is 5. The number of allylic oxidation sites excluding steroid dienone is 2. The lowest BCUT2D eigenvalue weighted by atomic mass is 10.0. The maximum absolute atomic E-state index is 13.2. The molecular formula is C32H45N3O6S. The number of fused-ring (bicyclic) bond motifs is 2. The number of thioether (sulfide) groups is 1. The van der Waals surface area contributed by atoms with Gasteiger partial charge in [0.25, 0.3) is 11.8 Å². The molecule has 1 aliphatic rings. The lowest BCUT2D eigenvalue weighted by Crippen LogP contribution is -2.48. The van der Waals surface area contributed by atoms with Crippen LogP contribution in [0.1, 0.15) is 95.0 Å². The predicted molar refractivity (Wildman–Crippen MR) is 165 cm³/mol. The predicted octanol–water partition coefficient (Wildman–Crippen LogP) is 4.96. The van der Waals surface area contributed by atoms with Crippen molar-refractivity contribution < 1.29 is 28.7 Å². The van der Waals surface area contributed by atoms with Gasteiger partial charge in [-0.2, -0.15) is 0 Å². The number of benzene rings is 1. The number of cyclic esters (lactones) is 1. The van der Waals surface area contributed by atoms with Crippen molar-refractivity contribution in [1.82, 2.24) is 16.0 Å². The third-order valence-electron chi connectivity index (χ3n) is 6.70. The van der Waals surface area contributed by atoms with Crippen LogP contribution >= 0.6 is 11.8 Å². The molecular weight excluding hydrogens is 554 g/mol. The van der Waals surface area contributed by atoms with Crippen LogP contribution in [0.4, 0.5) is 0 Å². The number of ether oxygens (including phenoxy) is 1. The van der Waals surface area contributed by atoms with Gasteiger partial charge in [-0.05, 0) is 49.5 Å². The lowest BCUT2D eigenvalue weighted by Gasteiger charge is -2.24. The first-order valence-corrected chi connectivity index (χ1v) is 15.8. The van der Waals surface area contributed by atoms with E-state index in [2.05, 4.69) is 22.9 Å². The van der Waals surface area contributed by atoms with Gasteiger partial charge in [0.2, 0.25) is 5.91 Å². The molecule has 3 N–H and O–H groups in total. The van der Waals surface area contributed by atoms with Crippen LogP contribution in [0.2, 0.25) is 0 Å². The Morgan fingerprint density at radius 2 is 1.86 bits per heavy atom. The second-order valence-electron chi connectivity index (χ2n) is 10.6. The number of esters is 1. The normalized spacial score (nSPS) is 19.9. The zero-order valence-electron chi connectivity index (χ0n) is 25.2. The first-order chi connectivity index (χ1) is 20.1. The van der Waals surface area contributed by atoms with Crippen LogP contribution in [-0.2, 0) is 30.5 Å². The Labute approximate surface area is 253 Å². The van der Waals surface area contributed by atoms with Gasteiger partial charge in [0, 0.05) is 24.3 Å². The quantitative estimate of drug-likeness (QED) is 0.142. The van der Waals surface area contributed by atoms with Crippen molar-refractivity contribution >= 4 is 40.6 Å². The van der Waals surface area contributed by atoms with E-state index in [-0.39, 0.29) is 35.6 Å². The molecule has 3 amide bonds. The Bertz CT molecular complexity index is 1150. The molecule has 0 spiro atoms. The summed E-state index contributed by atoms with van der Waals surface area (Å²) in [5.74, 6) is -1.87. The Hall–Kier alpha value is -3.40. The third kappa shape index (κ3) is 12.6. The number of amides is 3. The monoisotopic (exact) mass is 599 g/mol. The molecule has 2 bridgehead atoms. The van der Waals surface area contributed by atoms with Gasteiger partial charge in [-0.1, -0.05) is 82.5 Å². The molecule has 2 atom stereocenters. The fraction of sp³-hybridized carbons (Fsp3) is 0.531. The molecule has 2 rings (SSSR count). The largest absolute Gasteiger partial charge is 0.456 e. The van der Waals surface area contributed by atoms with Crippen molar-refractivity contribution in [3.05, 3.63) is 59.3 Å². The van der Waals surface area contributed by atoms with Gasteiger partial charge < -0.3 is 20.7 Å². The summed E-state index contributed by atoms with van der Waals surface area (Å²) in [5, 5.41) is 8.25. The van der Waals surface area contributed by atoms with E-state index in [1.54, 1.807) is 51.1 Å². The van der Waals surface area contributed by atoms with Crippen LogP contribution in [0.15, 0.2) is 48.2 Å². The summed E-state index contributed by atoms with van der Waals surface area (Å²) in [6.45, 7) is 7.48. The molecule has 0 saturated carbocycles. The van der Waals surface area contributed by atoms with Gasteiger partial charge in [0.05, 0.1) is 6.42 Å². The van der Waals surface area contributed by atoms with E-state index in [0.717, 1.165) is 19.3 Å². The Morgan fingerprint density at radius 3 is 2.57 bits per heavy atom. The smallest absolute Gasteiger partial charge is 0.329 e. The molecule has 0 aliphatic carbocycles. The number of unbranched alkanes of at least 4 members (excludes halogenated alkanes) is 4. The molecule has 1 aromatic rings. The van der Waals surface area contributed by atoms with Crippen molar-refractivity contribution in [2.75, 3.05) is 5.75 Å². The van der Waals surface area contributed by atoms with E-state index in [4.69, 9.17) is 4.74 Å². The number of carbonyl (C=O) groups is 5. The molecule has 0 unspecified atom stereocenters. The second kappa shape index (κ2) is 18.9. The Morgan fingerprint density at radius 1 is 1.10 bits per heavy atom. The summed E-state index contributed by atoms with van der Waals surface area (Å²) in [7, 11) is 0. The highest BCUT2D eigenvalue weighted by molar-refractivity contribution is 8.13. The number of hydrogen-bond acceptors (Lipinski definition) is 7. The molecule has 0 radical (unpaired) electrons. The fourth-order valence-electron chi connectivity index (χ4n) is 4.25. The van der Waals surface area contributed by atoms with Gasteiger partial charge in [0.1, 0.15) is 17.8 Å². The number of rotatable bonds is 11. The van der Waals surface area contributed by atoms with E-state index < -0.39 is 29.9 Å². The zero-order valence-corrected chi connectivity index (χ0v) is 26.0. The molecule has 10 heteroatoms. The van der Waals surface area contributed by atoms with Crippen LogP contribution in [-0.4, -0.2) is 46.7 Å². The van der Waals surface area contributed by atoms with Gasteiger partial charge in [0.15, 0.2) is 5.12 Å². The summed E-state index contributed by atoms with van der Waals surface area (Å²) in [5.41, 5.74) is 1.04. The van der Waals surface area contributed by atoms with E-state index in [9.17, 15) is 24.0 Å². The molecule has 230 valence electrons. The average molecular weight is 600 g/mol. The minimum atomic E-state index is -1.01. The van der Waals surface area contributed by atoms with Gasteiger partial charge >= 0.3 is 5.97 Å². The van der Waals surface area contributed by atoms with Crippen LogP contribution in [0.5, 0.6) is 0 Å². The van der Waals surface area contributed by atoms with E-state index in [1.807, 2.05) is 6.08 Å². The van der Waals surface area contributed by atoms with Crippen molar-refractivity contribution in [3.8, 4) is 0 Å². The summed E-state index contributed by atoms with van der Waals surface area (Å²) in [4.78, 5) is 63.9. The highest BCUT2D eigenvalue weighted by Gasteiger charge is 2.29. The van der Waals surface area contributed by atoms with Crippen molar-refractivity contribution in [3.63, 3.8) is 0 Å². The van der Waals surface area contributed by atoms with Crippen LogP contribution in [0, 0.1) is 5.92 Å². The number of hydrogen-bond donors (Lipinski definition) is 3. The Kier molecular flexibility index (Phi) is 15.7. The third-order valence-corrected chi connectivity index (χ3v) is 7.67. The van der Waals surface area contributed by atoms with E-state index >= 15 is 0 Å². The SMILES string of the molecule is C/C=C1\NC(=O)c2cccc(c2)CNC(=O)C[C@@H](/C=C/CCSC(=O)CCCCCCC)OC(=O)[C@H](C(C)C)NC1=O. The first kappa shape index (κ1) is 34.8. The summed E-state index contributed by atoms with van der Waals surface area (Å²) >= 11 is 1.29. The minimum Gasteiger partial charge on any atom is -0.456 e. The standard InChI is InChI=1S/C32H45N3O6S/c1-5-7-8-9-10-17-28(37)42-18-12-11-16-25-20-27(36)33-21-23-14-13-15-24(19-23)30(38)34-26(6-2)31(39)35-29(22(3)4)32(40)41-25/h6,11,13-16,19,22,25,29H,5,7-10,12,17-18,20-21H2,1-4H3,(H,33,36)(H,34,38)(H,35,39)/b16-11+,26-6-/t25-,29+/m1/s1. The lowest BCUT2D eigenvalue weighted by molar-refractivity contribution is -0.153. The van der Waals surface area contributed by atoms with Crippen molar-refractivity contribution in [1.29, 1.82) is 0 Å². The van der Waals surface area contributed by atoms with Gasteiger partial charge in [-0.25, -0.2) is 4.79 Å². The first-order valence-electron chi connectivity index (χ1n) is 14.8. The minimum absolute atomic E-state index is 0.00806. The van der Waals surface area contributed by atoms with Crippen molar-refractivity contribution in [2.24, 2.45) is 5.92 Å². The van der Waals surface area contributed by atoms with E-state index in [1.165, 1.54) is 30.7 Å². The topological polar surface area (TPSA) is 131 Å². The van der Waals surface area contributed by atoms with E-state index in [0.29, 0.717) is 29.7 Å². The van der Waals surface area contributed by atoms with Gasteiger partial charge in [-0.3, -0.25) is 19.2 Å². The molecule has 9 nitrogen and oxygen atoms in total. The summed E-state index contributed by atoms with van der Waals surface area (Å²) in [6.07, 6.45) is 10.6. The van der Waals surface area contributed by atoms with Crippen molar-refractivity contribution in [2.45, 2.75) is 97.8 Å². The molecule has 0 saturated heterocycles. The van der Waals surface area contributed by atoms with Gasteiger partial charge in [-0.15, -0.1) is 0 Å². The molecule has 1 heterocycles. The maximum atomic E-state index is 13.2. The average Bonchev–Trinajstić information content (AvgIpc) is 2.96. The van der Waals surface area contributed by atoms with Crippen LogP contribution < -0.4 is 16.0 Å². The molecule has 42 heavy (non-hydrogen) atoms. The number of nitrogens with one attached hydrogen (secondary N) is 3. The molecule has 1 aliphatic heterocycles. The van der Waals surface area contributed by atoms with Crippen LogP contribution in [0.3, 0.4) is 0 Å². The second-order valence-corrected chi connectivity index (χ2v) is 11.8. The summed E-state index contributed by atoms with van der Waals surface area (Å²) < 4.78 is 5.71. The maximum Gasteiger partial charge on any atom is 0.329 e. The van der Waals surface area contributed by atoms with Crippen LogP contribution in [0.25, 0.3) is 0 Å².